The molecule has 0 rings (SSSR count). The van der Waals surface area contributed by atoms with Crippen LogP contribution in [-0.4, -0.2) is 40.2 Å². The number of aliphatic carboxylic acids is 2. The smallest absolute Gasteiger partial charge is 0.134 e. The van der Waals surface area contributed by atoms with Crippen LogP contribution < -0.4 is 15.9 Å². The average Bonchev–Trinajstić information content (AvgIpc) is 2.75. The van der Waals surface area contributed by atoms with E-state index < -0.39 is 24.1 Å². The zero-order valence-electron chi connectivity index (χ0n) is 18.8. The highest BCUT2D eigenvalue weighted by Crippen LogP contribution is 2.19. The molecule has 0 aliphatic heterocycles. The van der Waals surface area contributed by atoms with E-state index in [9.17, 15) is 24.9 Å². The molecular weight excluding hydrogens is 426 g/mol. The summed E-state index contributed by atoms with van der Waals surface area (Å²) in [5.41, 5.74) is 3.56. The van der Waals surface area contributed by atoms with E-state index in [4.69, 9.17) is 0 Å². The van der Waals surface area contributed by atoms with Crippen molar-refractivity contribution in [2.75, 3.05) is 5.75 Å². The quantitative estimate of drug-likeness (QED) is 0.233. The summed E-state index contributed by atoms with van der Waals surface area (Å²) in [5.74, 6) is -1.95. The van der Waals surface area contributed by atoms with Crippen LogP contribution in [0.5, 0.6) is 0 Å². The van der Waals surface area contributed by atoms with Crippen LogP contribution in [0.2, 0.25) is 0 Å². The van der Waals surface area contributed by atoms with Gasteiger partial charge >= 0.3 is 0 Å². The summed E-state index contributed by atoms with van der Waals surface area (Å²) in [5, 5.41) is 31.3. The van der Waals surface area contributed by atoms with Gasteiger partial charge in [0.15, 0.2) is 0 Å². The summed E-state index contributed by atoms with van der Waals surface area (Å²) < 4.78 is 0. The zero-order chi connectivity index (χ0) is 24.0. The lowest BCUT2D eigenvalue weighted by Gasteiger charge is -2.19. The van der Waals surface area contributed by atoms with Crippen molar-refractivity contribution in [3.8, 4) is 0 Å². The molecule has 0 aromatic heterocycles. The Labute approximate surface area is 196 Å². The normalized spacial score (nSPS) is 15.7. The Morgan fingerprint density at radius 2 is 1.59 bits per heavy atom. The van der Waals surface area contributed by atoms with Crippen LogP contribution >= 0.6 is 11.8 Å². The van der Waals surface area contributed by atoms with E-state index in [2.05, 4.69) is 5.73 Å². The summed E-state index contributed by atoms with van der Waals surface area (Å²) >= 11 is 1.36. The highest BCUT2D eigenvalue weighted by Gasteiger charge is 2.18. The number of rotatable bonds is 18. The highest BCUT2D eigenvalue weighted by atomic mass is 32.2. The predicted molar refractivity (Wildman–Crippen MR) is 127 cm³/mol. The minimum absolute atomic E-state index is 0.0498. The van der Waals surface area contributed by atoms with Crippen molar-refractivity contribution in [1.29, 1.82) is 0 Å². The number of hydrogen-bond donors (Lipinski definition) is 2. The van der Waals surface area contributed by atoms with E-state index in [1.54, 1.807) is 0 Å². The molecule has 0 aliphatic rings. The standard InChI is InChI=1S/C25H37NO5S/c1-2-3-14-17-22(27)23(32-20-21(26)25(30)31)18-15-12-10-8-6-4-5-7-9-11-13-16-19-24(28)29/h3,5-8,10-15,18,21-23,27H,2,4,9,16-17,19-20,26H2,1H3,(H,28,29)(H,30,31)/p-1/b7-5-,8-6?,12-10?,13-11-,14-3-,18-15?/t21-,22+,23-/m0/s1. The van der Waals surface area contributed by atoms with Crippen LogP contribution in [0.3, 0.4) is 0 Å². The van der Waals surface area contributed by atoms with Gasteiger partial charge in [0.05, 0.1) is 17.8 Å². The number of aliphatic hydroxyl groups excluding tert-OH is 1. The molecule has 0 bridgehead atoms. The van der Waals surface area contributed by atoms with Gasteiger partial charge in [-0.05, 0) is 38.5 Å². The SMILES string of the molecule is CC/C=C\C[C@@H](O)[C@H](C=CC=CC=CC/C=C\C/C=C\CCC(=O)[O-])SC[C@H]([NH3+])C(=O)[O-]. The molecule has 0 aromatic rings. The van der Waals surface area contributed by atoms with E-state index >= 15 is 0 Å². The minimum atomic E-state index is -1.19. The van der Waals surface area contributed by atoms with E-state index in [0.29, 0.717) is 12.8 Å². The maximum atomic E-state index is 10.9. The lowest BCUT2D eigenvalue weighted by atomic mass is 10.1. The van der Waals surface area contributed by atoms with Crippen molar-refractivity contribution in [2.24, 2.45) is 0 Å². The molecule has 0 unspecified atom stereocenters. The number of aliphatic hydroxyl groups is 1. The summed E-state index contributed by atoms with van der Waals surface area (Å²) in [6, 6.07) is -0.821. The van der Waals surface area contributed by atoms with Crippen molar-refractivity contribution in [3.05, 3.63) is 72.9 Å². The van der Waals surface area contributed by atoms with Crippen molar-refractivity contribution in [3.63, 3.8) is 0 Å². The monoisotopic (exact) mass is 462 g/mol. The minimum Gasteiger partial charge on any atom is -0.550 e. The summed E-state index contributed by atoms with van der Waals surface area (Å²) in [6.07, 6.45) is 26.0. The number of thioether (sulfide) groups is 1. The van der Waals surface area contributed by atoms with Gasteiger partial charge in [-0.3, -0.25) is 0 Å². The average molecular weight is 463 g/mol. The van der Waals surface area contributed by atoms with E-state index in [-0.39, 0.29) is 17.4 Å². The van der Waals surface area contributed by atoms with Crippen LogP contribution in [0.1, 0.15) is 45.4 Å². The first-order chi connectivity index (χ1) is 15.4. The Hall–Kier alpha value is -2.35. The first kappa shape index (κ1) is 29.7. The van der Waals surface area contributed by atoms with Gasteiger partial charge in [0.1, 0.15) is 6.04 Å². The maximum absolute atomic E-state index is 10.9. The Kier molecular flexibility index (Phi) is 19.0. The number of quaternary nitrogens is 1. The Balaban J connectivity index is 4.44. The topological polar surface area (TPSA) is 128 Å². The summed E-state index contributed by atoms with van der Waals surface area (Å²) in [4.78, 5) is 21.1. The molecule has 0 fully saturated rings. The molecule has 0 saturated carbocycles. The second-order valence-electron chi connectivity index (χ2n) is 7.02. The molecule has 0 heterocycles. The maximum Gasteiger partial charge on any atom is 0.134 e. The molecule has 0 aromatic carbocycles. The number of carboxylic acids is 2. The third-order valence-corrected chi connectivity index (χ3v) is 5.60. The Bertz CT molecular complexity index is 694. The molecule has 0 saturated heterocycles. The molecule has 0 amide bonds. The zero-order valence-corrected chi connectivity index (χ0v) is 19.6. The number of hydrogen-bond acceptors (Lipinski definition) is 6. The van der Waals surface area contributed by atoms with Gasteiger partial charge < -0.3 is 30.6 Å². The van der Waals surface area contributed by atoms with E-state index in [1.807, 2.05) is 79.8 Å². The lowest BCUT2D eigenvalue weighted by molar-refractivity contribution is -0.431. The lowest BCUT2D eigenvalue weighted by Crippen LogP contribution is -2.69. The van der Waals surface area contributed by atoms with Gasteiger partial charge in [-0.1, -0.05) is 79.8 Å². The molecule has 32 heavy (non-hydrogen) atoms. The second kappa shape index (κ2) is 20.5. The highest BCUT2D eigenvalue weighted by molar-refractivity contribution is 8.00. The fourth-order valence-electron chi connectivity index (χ4n) is 2.35. The summed E-state index contributed by atoms with van der Waals surface area (Å²) in [6.45, 7) is 2.02. The largest absolute Gasteiger partial charge is 0.550 e. The van der Waals surface area contributed by atoms with Crippen molar-refractivity contribution in [1.82, 2.24) is 0 Å². The molecule has 0 radical (unpaired) electrons. The van der Waals surface area contributed by atoms with Crippen LogP contribution in [0.15, 0.2) is 72.9 Å². The number of carbonyl (C=O) groups is 2. The van der Waals surface area contributed by atoms with Crippen molar-refractivity contribution >= 4 is 23.7 Å². The van der Waals surface area contributed by atoms with Gasteiger partial charge in [-0.2, -0.15) is 0 Å². The molecule has 3 atom stereocenters. The van der Waals surface area contributed by atoms with Crippen LogP contribution in [0.25, 0.3) is 0 Å². The fraction of sp³-hybridized carbons (Fsp3) is 0.440. The molecule has 0 aliphatic carbocycles. The van der Waals surface area contributed by atoms with Crippen molar-refractivity contribution < 1.29 is 30.6 Å². The summed E-state index contributed by atoms with van der Waals surface area (Å²) in [7, 11) is 0. The van der Waals surface area contributed by atoms with Gasteiger partial charge in [-0.15, -0.1) is 11.8 Å². The number of carboxylic acid groups (broad SMARTS) is 2. The van der Waals surface area contributed by atoms with Gasteiger partial charge in [0.2, 0.25) is 0 Å². The van der Waals surface area contributed by atoms with Gasteiger partial charge in [0.25, 0.3) is 0 Å². The first-order valence-electron chi connectivity index (χ1n) is 10.9. The first-order valence-corrected chi connectivity index (χ1v) is 11.9. The molecule has 7 heteroatoms. The number of carbonyl (C=O) groups excluding carboxylic acids is 2. The van der Waals surface area contributed by atoms with Crippen molar-refractivity contribution in [2.45, 2.75) is 62.8 Å². The number of allylic oxidation sites excluding steroid dienone is 10. The fourth-order valence-corrected chi connectivity index (χ4v) is 3.48. The predicted octanol–water partition coefficient (Wildman–Crippen LogP) is 1.26. The molecule has 178 valence electrons. The van der Waals surface area contributed by atoms with Crippen LogP contribution in [0.4, 0.5) is 0 Å². The Morgan fingerprint density at radius 1 is 0.938 bits per heavy atom. The van der Waals surface area contributed by atoms with Gasteiger partial charge in [0, 0.05) is 11.2 Å². The molecule has 0 spiro atoms. The molecule has 6 nitrogen and oxygen atoms in total. The Morgan fingerprint density at radius 3 is 2.25 bits per heavy atom. The van der Waals surface area contributed by atoms with Crippen LogP contribution in [0, 0.1) is 0 Å². The van der Waals surface area contributed by atoms with E-state index in [1.165, 1.54) is 11.8 Å². The molecule has 4 N–H and O–H groups in total. The second-order valence-corrected chi connectivity index (χ2v) is 8.23. The van der Waals surface area contributed by atoms with Gasteiger partial charge in [-0.25, -0.2) is 0 Å². The molecular formula is C25H36NO5S-. The van der Waals surface area contributed by atoms with E-state index in [0.717, 1.165) is 19.3 Å². The third kappa shape index (κ3) is 18.4. The third-order valence-electron chi connectivity index (χ3n) is 4.15. The van der Waals surface area contributed by atoms with Crippen LogP contribution in [-0.2, 0) is 9.59 Å².